The summed E-state index contributed by atoms with van der Waals surface area (Å²) >= 11 is 4.30. The van der Waals surface area contributed by atoms with E-state index in [4.69, 9.17) is 0 Å². The first-order valence-corrected chi connectivity index (χ1v) is 17.3. The molecule has 0 aliphatic carbocycles. The molecule has 0 fully saturated rings. The second-order valence-corrected chi connectivity index (χ2v) is 12.7. The highest BCUT2D eigenvalue weighted by Gasteiger charge is 2.35. The van der Waals surface area contributed by atoms with E-state index >= 15 is 0 Å². The van der Waals surface area contributed by atoms with E-state index in [2.05, 4.69) is 33.9 Å². The summed E-state index contributed by atoms with van der Waals surface area (Å²) in [4.78, 5) is 63.3. The minimum Gasteiger partial charge on any atom is -0.478 e. The van der Waals surface area contributed by atoms with Crippen molar-refractivity contribution in [3.63, 3.8) is 0 Å². The molecule has 0 bridgehead atoms. The van der Waals surface area contributed by atoms with Crippen LogP contribution in [0.25, 0.3) is 11.1 Å². The third-order valence-electron chi connectivity index (χ3n) is 8.37. The number of carbonyl (C=O) groups excluding carboxylic acids is 4. The van der Waals surface area contributed by atoms with Crippen molar-refractivity contribution in [2.24, 2.45) is 23.7 Å². The number of amides is 4. The molecule has 262 valence electrons. The fourth-order valence-electron chi connectivity index (χ4n) is 5.80. The van der Waals surface area contributed by atoms with Gasteiger partial charge >= 0.3 is 5.97 Å². The normalized spacial score (nSPS) is 12.8. The van der Waals surface area contributed by atoms with E-state index in [1.54, 1.807) is 24.3 Å². The molecule has 0 radical (unpaired) electrons. The number of carbonyl (C=O) groups is 5. The number of nitrogens with one attached hydrogen (secondary N) is 4. The molecule has 0 saturated carbocycles. The zero-order chi connectivity index (χ0) is 35.8. The lowest BCUT2D eigenvalue weighted by Crippen LogP contribution is -2.46. The molecule has 0 aliphatic heterocycles. The summed E-state index contributed by atoms with van der Waals surface area (Å²) in [6, 6.07) is 23.8. The van der Waals surface area contributed by atoms with Crippen molar-refractivity contribution in [3.05, 3.63) is 95.6 Å². The molecule has 5 N–H and O–H groups in total. The zero-order valence-electron chi connectivity index (χ0n) is 28.4. The van der Waals surface area contributed by atoms with Crippen LogP contribution in [0.15, 0.2) is 78.9 Å². The van der Waals surface area contributed by atoms with Gasteiger partial charge in [-0.05, 0) is 47.1 Å². The molecule has 0 heterocycles. The van der Waals surface area contributed by atoms with Gasteiger partial charge in [0.2, 0.25) is 23.6 Å². The Morgan fingerprint density at radius 3 is 2.02 bits per heavy atom. The third-order valence-corrected chi connectivity index (χ3v) is 8.81. The number of thiol groups is 1. The summed E-state index contributed by atoms with van der Waals surface area (Å²) in [7, 11) is 0. The SMILES string of the molecule is CCCC(C(=O)NCc1ccc(-c2ccccc2C(=O)O)cc1)[C@@H](C(=O)NCCNC(=O)CNC(=O)C(CS)Cc1ccccc1)C(C)C. The molecule has 0 saturated heterocycles. The minimum atomic E-state index is -0.999. The first kappa shape index (κ1) is 38.8. The molecule has 2 unspecified atom stereocenters. The van der Waals surface area contributed by atoms with E-state index in [0.29, 0.717) is 30.6 Å². The Labute approximate surface area is 294 Å². The maximum atomic E-state index is 13.4. The Balaban J connectivity index is 1.48. The summed E-state index contributed by atoms with van der Waals surface area (Å²) in [5.41, 5.74) is 3.45. The monoisotopic (exact) mass is 688 g/mol. The van der Waals surface area contributed by atoms with Gasteiger partial charge in [-0.2, -0.15) is 12.6 Å². The molecule has 4 amide bonds. The number of hydrogen-bond donors (Lipinski definition) is 6. The van der Waals surface area contributed by atoms with E-state index in [0.717, 1.165) is 16.7 Å². The Morgan fingerprint density at radius 2 is 1.39 bits per heavy atom. The highest BCUT2D eigenvalue weighted by atomic mass is 32.1. The molecule has 0 aromatic heterocycles. The van der Waals surface area contributed by atoms with Crippen molar-refractivity contribution in [2.45, 2.75) is 46.6 Å². The average Bonchev–Trinajstić information content (AvgIpc) is 3.10. The predicted molar refractivity (Wildman–Crippen MR) is 194 cm³/mol. The highest BCUT2D eigenvalue weighted by Crippen LogP contribution is 2.27. The lowest BCUT2D eigenvalue weighted by Gasteiger charge is -2.28. The maximum absolute atomic E-state index is 13.4. The van der Waals surface area contributed by atoms with Crippen molar-refractivity contribution in [2.75, 3.05) is 25.4 Å². The Hall–Kier alpha value is -4.64. The van der Waals surface area contributed by atoms with E-state index in [1.807, 2.05) is 75.4 Å². The number of carboxylic acids is 1. The number of benzene rings is 3. The van der Waals surface area contributed by atoms with Gasteiger partial charge in [0.25, 0.3) is 0 Å². The zero-order valence-corrected chi connectivity index (χ0v) is 29.3. The van der Waals surface area contributed by atoms with Gasteiger partial charge in [-0.15, -0.1) is 0 Å². The van der Waals surface area contributed by atoms with Gasteiger partial charge in [0.1, 0.15) is 0 Å². The van der Waals surface area contributed by atoms with Gasteiger partial charge in [-0.25, -0.2) is 4.79 Å². The second-order valence-electron chi connectivity index (χ2n) is 12.4. The van der Waals surface area contributed by atoms with Crippen molar-refractivity contribution >= 4 is 42.2 Å². The van der Waals surface area contributed by atoms with Crippen LogP contribution in [0.2, 0.25) is 0 Å². The number of carboxylic acid groups (broad SMARTS) is 1. The van der Waals surface area contributed by atoms with Crippen molar-refractivity contribution < 1.29 is 29.1 Å². The van der Waals surface area contributed by atoms with Crippen molar-refractivity contribution in [3.8, 4) is 11.1 Å². The summed E-state index contributed by atoms with van der Waals surface area (Å²) < 4.78 is 0. The van der Waals surface area contributed by atoms with E-state index in [9.17, 15) is 29.1 Å². The molecular formula is C38H48N4O6S. The quantitative estimate of drug-likeness (QED) is 0.0806. The third kappa shape index (κ3) is 12.1. The summed E-state index contributed by atoms with van der Waals surface area (Å²) in [6.07, 6.45) is 1.77. The summed E-state index contributed by atoms with van der Waals surface area (Å²) in [5, 5.41) is 20.7. The molecule has 49 heavy (non-hydrogen) atoms. The van der Waals surface area contributed by atoms with Gasteiger partial charge in [-0.1, -0.05) is 100.0 Å². The summed E-state index contributed by atoms with van der Waals surface area (Å²) in [5.74, 6) is -3.35. The topological polar surface area (TPSA) is 154 Å². The number of rotatable bonds is 19. The van der Waals surface area contributed by atoms with Crippen LogP contribution in [0.4, 0.5) is 0 Å². The van der Waals surface area contributed by atoms with Gasteiger partial charge in [0.05, 0.1) is 23.9 Å². The predicted octanol–water partition coefficient (Wildman–Crippen LogP) is 4.49. The molecule has 0 spiro atoms. The number of hydrogen-bond acceptors (Lipinski definition) is 6. The average molecular weight is 689 g/mol. The lowest BCUT2D eigenvalue weighted by molar-refractivity contribution is -0.137. The first-order chi connectivity index (χ1) is 23.5. The first-order valence-electron chi connectivity index (χ1n) is 16.7. The van der Waals surface area contributed by atoms with Crippen molar-refractivity contribution in [1.29, 1.82) is 0 Å². The van der Waals surface area contributed by atoms with E-state index in [1.165, 1.54) is 0 Å². The Kier molecular flexibility index (Phi) is 15.8. The molecule has 11 heteroatoms. The molecule has 0 aliphatic rings. The highest BCUT2D eigenvalue weighted by molar-refractivity contribution is 7.80. The van der Waals surface area contributed by atoms with Crippen LogP contribution in [0, 0.1) is 23.7 Å². The van der Waals surface area contributed by atoms with Gasteiger partial charge in [0, 0.05) is 31.3 Å². The fourth-order valence-corrected chi connectivity index (χ4v) is 6.09. The van der Waals surface area contributed by atoms with E-state index in [-0.39, 0.29) is 67.2 Å². The van der Waals surface area contributed by atoms with E-state index < -0.39 is 17.8 Å². The smallest absolute Gasteiger partial charge is 0.336 e. The Morgan fingerprint density at radius 1 is 0.735 bits per heavy atom. The standard InChI is InChI=1S/C38H48N4O6S/c1-4-10-32(36(45)41-22-27-15-17-28(18-16-27)30-13-8-9-14-31(30)38(47)48)34(25(2)3)37(46)40-20-19-39-33(43)23-42-35(44)29(24-49)21-26-11-6-5-7-12-26/h5-9,11-18,25,29,32,34,49H,4,10,19-24H2,1-3H3,(H,39,43)(H,40,46)(H,41,45)(H,42,44)(H,47,48)/t29?,32?,34-/m0/s1. The largest absolute Gasteiger partial charge is 0.478 e. The van der Waals surface area contributed by atoms with Crippen LogP contribution in [0.3, 0.4) is 0 Å². The van der Waals surface area contributed by atoms with Gasteiger partial charge in [-0.3, -0.25) is 19.2 Å². The number of aromatic carboxylic acids is 1. The van der Waals surface area contributed by atoms with Gasteiger partial charge < -0.3 is 26.4 Å². The van der Waals surface area contributed by atoms with Crippen LogP contribution in [0.1, 0.15) is 55.1 Å². The van der Waals surface area contributed by atoms with Crippen molar-refractivity contribution in [1.82, 2.24) is 21.3 Å². The Bertz CT molecular complexity index is 1550. The molecule has 3 rings (SSSR count). The molecular weight excluding hydrogens is 641 g/mol. The van der Waals surface area contributed by atoms with Gasteiger partial charge in [0.15, 0.2) is 0 Å². The molecule has 3 aromatic carbocycles. The summed E-state index contributed by atoms with van der Waals surface area (Å²) in [6.45, 7) is 6.21. The van der Waals surface area contributed by atoms with Crippen LogP contribution >= 0.6 is 12.6 Å². The van der Waals surface area contributed by atoms with Crippen LogP contribution in [-0.2, 0) is 32.1 Å². The molecule has 10 nitrogen and oxygen atoms in total. The fraction of sp³-hybridized carbons (Fsp3) is 0.395. The van der Waals surface area contributed by atoms with Crippen LogP contribution in [-0.4, -0.2) is 60.1 Å². The van der Waals surface area contributed by atoms with Crippen LogP contribution < -0.4 is 21.3 Å². The minimum absolute atomic E-state index is 0.114. The second kappa shape index (κ2) is 20.0. The lowest BCUT2D eigenvalue weighted by atomic mass is 9.79. The maximum Gasteiger partial charge on any atom is 0.336 e. The molecule has 3 aromatic rings. The molecule has 3 atom stereocenters. The van der Waals surface area contributed by atoms with Crippen LogP contribution in [0.5, 0.6) is 0 Å².